The van der Waals surface area contributed by atoms with E-state index in [0.717, 1.165) is 24.2 Å². The summed E-state index contributed by atoms with van der Waals surface area (Å²) in [5.74, 6) is 0.273. The monoisotopic (exact) mass is 447 g/mol. The molecule has 9 nitrogen and oxygen atoms in total. The molecular formula is C24H25N5O4. The highest BCUT2D eigenvalue weighted by atomic mass is 16.5. The molecule has 1 atom stereocenters. The van der Waals surface area contributed by atoms with Gasteiger partial charge in [0.2, 0.25) is 5.43 Å². The van der Waals surface area contributed by atoms with Crippen LogP contribution < -0.4 is 15.7 Å². The first kappa shape index (κ1) is 21.0. The average Bonchev–Trinajstić information content (AvgIpc) is 3.28. The van der Waals surface area contributed by atoms with Crippen LogP contribution in [0.3, 0.4) is 0 Å². The van der Waals surface area contributed by atoms with E-state index in [1.54, 1.807) is 23.1 Å². The Balaban J connectivity index is 1.44. The van der Waals surface area contributed by atoms with Crippen LogP contribution in [0.25, 0.3) is 16.6 Å². The Morgan fingerprint density at radius 2 is 2.12 bits per heavy atom. The fourth-order valence-corrected chi connectivity index (χ4v) is 4.59. The van der Waals surface area contributed by atoms with Gasteiger partial charge in [0.15, 0.2) is 5.65 Å². The van der Waals surface area contributed by atoms with Gasteiger partial charge in [0.1, 0.15) is 11.3 Å². The van der Waals surface area contributed by atoms with Crippen molar-refractivity contribution in [1.29, 1.82) is 0 Å². The molecule has 33 heavy (non-hydrogen) atoms. The summed E-state index contributed by atoms with van der Waals surface area (Å²) in [4.78, 5) is 48.0. The zero-order chi connectivity index (χ0) is 23.1. The molecule has 1 aliphatic rings. The van der Waals surface area contributed by atoms with Gasteiger partial charge in [-0.05, 0) is 31.4 Å². The second-order valence-corrected chi connectivity index (χ2v) is 8.35. The summed E-state index contributed by atoms with van der Waals surface area (Å²) < 4.78 is 6.75. The molecule has 0 bridgehead atoms. The molecule has 2 N–H and O–H groups in total. The molecule has 0 aliphatic carbocycles. The van der Waals surface area contributed by atoms with Gasteiger partial charge in [-0.15, -0.1) is 0 Å². The molecule has 1 aliphatic heterocycles. The molecule has 9 heteroatoms. The van der Waals surface area contributed by atoms with Crippen molar-refractivity contribution < 1.29 is 9.53 Å². The molecule has 5 rings (SSSR count). The first-order valence-corrected chi connectivity index (χ1v) is 11.1. The van der Waals surface area contributed by atoms with Crippen LogP contribution in [0.5, 0.6) is 5.75 Å². The number of nitrogens with zero attached hydrogens (tertiary/aromatic N) is 3. The first-order chi connectivity index (χ1) is 16.0. The standard InChI is InChI=1S/C24H25N5O4/c1-3-15-10-21(30)29-20(26-15)11-18(27-29)14-6-5-9-28(13-14)24(32)17-12-25-22-16(23(17)31)7-4-8-19(22)33-2/h4,7-8,10-12,14,27H,3,5-6,9,13H2,1-2H3,(H,25,31)/t14-/m0/s1. The molecule has 1 saturated heterocycles. The number of aromatic amines is 2. The second-order valence-electron chi connectivity index (χ2n) is 8.35. The lowest BCUT2D eigenvalue weighted by atomic mass is 9.94. The molecule has 170 valence electrons. The minimum absolute atomic E-state index is 0.0218. The van der Waals surface area contributed by atoms with Crippen molar-refractivity contribution >= 4 is 22.5 Å². The van der Waals surface area contributed by atoms with Gasteiger partial charge < -0.3 is 14.6 Å². The topological polar surface area (TPSA) is 113 Å². The van der Waals surface area contributed by atoms with E-state index in [9.17, 15) is 14.4 Å². The minimum atomic E-state index is -0.316. The van der Waals surface area contributed by atoms with Gasteiger partial charge in [0.25, 0.3) is 11.5 Å². The maximum atomic E-state index is 13.3. The SMILES string of the molecule is CCc1cc(=O)n2[nH]c([C@H]3CCCN(C(=O)c4c[nH]c5c(OC)cccc5c4=O)C3)cc2n1. The van der Waals surface area contributed by atoms with Crippen LogP contribution in [0.4, 0.5) is 0 Å². The van der Waals surface area contributed by atoms with Gasteiger partial charge in [-0.25, -0.2) is 9.50 Å². The van der Waals surface area contributed by atoms with Crippen molar-refractivity contribution in [3.63, 3.8) is 0 Å². The van der Waals surface area contributed by atoms with E-state index in [1.807, 2.05) is 13.0 Å². The number of hydrogen-bond donors (Lipinski definition) is 2. The molecule has 4 aromatic rings. The largest absolute Gasteiger partial charge is 0.495 e. The number of aromatic nitrogens is 4. The summed E-state index contributed by atoms with van der Waals surface area (Å²) in [5.41, 5.74) is 2.41. The minimum Gasteiger partial charge on any atom is -0.495 e. The van der Waals surface area contributed by atoms with E-state index in [0.29, 0.717) is 41.8 Å². The van der Waals surface area contributed by atoms with E-state index >= 15 is 0 Å². The zero-order valence-electron chi connectivity index (χ0n) is 18.6. The van der Waals surface area contributed by atoms with Crippen molar-refractivity contribution in [3.8, 4) is 5.75 Å². The molecule has 0 spiro atoms. The van der Waals surface area contributed by atoms with Crippen molar-refractivity contribution in [1.82, 2.24) is 24.5 Å². The van der Waals surface area contributed by atoms with E-state index in [2.05, 4.69) is 15.1 Å². The smallest absolute Gasteiger partial charge is 0.272 e. The van der Waals surface area contributed by atoms with Gasteiger partial charge in [0, 0.05) is 48.7 Å². The highest BCUT2D eigenvalue weighted by Crippen LogP contribution is 2.27. The number of methoxy groups -OCH3 is 1. The number of benzene rings is 1. The fraction of sp³-hybridized carbons (Fsp3) is 0.333. The Morgan fingerprint density at radius 1 is 1.27 bits per heavy atom. The van der Waals surface area contributed by atoms with Crippen LogP contribution in [-0.4, -0.2) is 50.6 Å². The molecule has 3 aromatic heterocycles. The number of ether oxygens (including phenoxy) is 1. The zero-order valence-corrected chi connectivity index (χ0v) is 18.6. The summed E-state index contributed by atoms with van der Waals surface area (Å²) >= 11 is 0. The first-order valence-electron chi connectivity index (χ1n) is 11.1. The van der Waals surface area contributed by atoms with Crippen LogP contribution in [0.1, 0.15) is 47.4 Å². The number of amides is 1. The summed E-state index contributed by atoms with van der Waals surface area (Å²) in [5, 5.41) is 3.57. The number of para-hydroxylation sites is 1. The molecule has 1 fully saturated rings. The van der Waals surface area contributed by atoms with E-state index in [-0.39, 0.29) is 28.4 Å². The van der Waals surface area contributed by atoms with Crippen LogP contribution in [0.15, 0.2) is 46.1 Å². The maximum Gasteiger partial charge on any atom is 0.272 e. The highest BCUT2D eigenvalue weighted by molar-refractivity contribution is 5.98. The highest BCUT2D eigenvalue weighted by Gasteiger charge is 2.28. The summed E-state index contributed by atoms with van der Waals surface area (Å²) in [6.07, 6.45) is 3.83. The fourth-order valence-electron chi connectivity index (χ4n) is 4.59. The predicted molar refractivity (Wildman–Crippen MR) is 124 cm³/mol. The molecule has 0 unspecified atom stereocenters. The lowest BCUT2D eigenvalue weighted by Gasteiger charge is -2.32. The number of likely N-dealkylation sites (tertiary alicyclic amines) is 1. The molecule has 0 saturated carbocycles. The number of piperidine rings is 1. The van der Waals surface area contributed by atoms with Crippen molar-refractivity contribution in [2.75, 3.05) is 20.2 Å². The van der Waals surface area contributed by atoms with Gasteiger partial charge in [0.05, 0.1) is 18.0 Å². The lowest BCUT2D eigenvalue weighted by Crippen LogP contribution is -2.41. The summed E-state index contributed by atoms with van der Waals surface area (Å²) in [6, 6.07) is 8.60. The quantitative estimate of drug-likeness (QED) is 0.499. The number of aryl methyl sites for hydroxylation is 1. The molecular weight excluding hydrogens is 422 g/mol. The van der Waals surface area contributed by atoms with Crippen molar-refractivity contribution in [2.45, 2.75) is 32.1 Å². The lowest BCUT2D eigenvalue weighted by molar-refractivity contribution is 0.0704. The Hall–Kier alpha value is -3.88. The Kier molecular flexibility index (Phi) is 5.24. The number of carbonyl (C=O) groups excluding carboxylic acids is 1. The molecule has 4 heterocycles. The maximum absolute atomic E-state index is 13.3. The van der Waals surface area contributed by atoms with E-state index < -0.39 is 0 Å². The van der Waals surface area contributed by atoms with Crippen LogP contribution in [-0.2, 0) is 6.42 Å². The summed E-state index contributed by atoms with van der Waals surface area (Å²) in [7, 11) is 1.54. The normalized spacial score (nSPS) is 16.4. The van der Waals surface area contributed by atoms with Gasteiger partial charge in [-0.3, -0.25) is 19.5 Å². The van der Waals surface area contributed by atoms with Crippen LogP contribution in [0, 0.1) is 0 Å². The van der Waals surface area contributed by atoms with Gasteiger partial charge in [-0.2, -0.15) is 0 Å². The van der Waals surface area contributed by atoms with Crippen molar-refractivity contribution in [3.05, 3.63) is 74.1 Å². The Bertz CT molecular complexity index is 1480. The average molecular weight is 447 g/mol. The summed E-state index contributed by atoms with van der Waals surface area (Å²) in [6.45, 7) is 2.99. The van der Waals surface area contributed by atoms with Gasteiger partial charge in [-0.1, -0.05) is 13.0 Å². The van der Waals surface area contributed by atoms with Gasteiger partial charge >= 0.3 is 0 Å². The van der Waals surface area contributed by atoms with E-state index in [1.165, 1.54) is 23.9 Å². The van der Waals surface area contributed by atoms with Crippen molar-refractivity contribution in [2.24, 2.45) is 0 Å². The second kappa shape index (κ2) is 8.23. The number of nitrogens with one attached hydrogen (secondary N) is 2. The Labute approximate surface area is 189 Å². The third-order valence-electron chi connectivity index (χ3n) is 6.36. The van der Waals surface area contributed by atoms with Crippen LogP contribution in [0.2, 0.25) is 0 Å². The molecule has 0 radical (unpaired) electrons. The molecule has 1 aromatic carbocycles. The predicted octanol–water partition coefficient (Wildman–Crippen LogP) is 2.45. The number of H-pyrrole nitrogens is 2. The third-order valence-corrected chi connectivity index (χ3v) is 6.36. The van der Waals surface area contributed by atoms with Crippen LogP contribution >= 0.6 is 0 Å². The number of hydrogen-bond acceptors (Lipinski definition) is 5. The van der Waals surface area contributed by atoms with E-state index in [4.69, 9.17) is 4.74 Å². The number of rotatable bonds is 4. The third kappa shape index (κ3) is 3.59. The number of pyridine rings is 1. The number of carbonyl (C=O) groups is 1. The number of fused-ring (bicyclic) bond motifs is 2. The Morgan fingerprint density at radius 3 is 2.91 bits per heavy atom. The molecule has 1 amide bonds.